The molecule has 0 aromatic heterocycles. The van der Waals surface area contributed by atoms with Crippen molar-refractivity contribution in [1.82, 2.24) is 5.32 Å². The minimum atomic E-state index is 0. The lowest BCUT2D eigenvalue weighted by Gasteiger charge is -2.22. The Bertz CT molecular complexity index is 164. The molecule has 2 rings (SSSR count). The number of rotatable bonds is 2. The van der Waals surface area contributed by atoms with Crippen LogP contribution < -0.4 is 5.32 Å². The van der Waals surface area contributed by atoms with Gasteiger partial charge in [-0.1, -0.05) is 12.2 Å². The van der Waals surface area contributed by atoms with E-state index in [1.54, 1.807) is 0 Å². The molecule has 1 unspecified atom stereocenters. The fourth-order valence-electron chi connectivity index (χ4n) is 2.24. The summed E-state index contributed by atoms with van der Waals surface area (Å²) in [5.41, 5.74) is 0. The first-order valence-corrected chi connectivity index (χ1v) is 5.96. The maximum Gasteiger partial charge on any atom is 0.0755 e. The van der Waals surface area contributed by atoms with E-state index in [-0.39, 0.29) is 12.4 Å². The summed E-state index contributed by atoms with van der Waals surface area (Å²) < 4.78 is 5.67. The van der Waals surface area contributed by atoms with Crippen LogP contribution in [0, 0.1) is 5.92 Å². The molecular formula is C12H22ClNO. The van der Waals surface area contributed by atoms with Crippen LogP contribution in [0.15, 0.2) is 12.2 Å². The third-order valence-electron chi connectivity index (χ3n) is 3.20. The van der Waals surface area contributed by atoms with E-state index in [0.717, 1.165) is 12.5 Å². The van der Waals surface area contributed by atoms with E-state index in [2.05, 4.69) is 17.5 Å². The highest BCUT2D eigenvalue weighted by Crippen LogP contribution is 2.17. The van der Waals surface area contributed by atoms with Crippen LogP contribution in [-0.2, 0) is 4.74 Å². The molecule has 0 bridgehead atoms. The summed E-state index contributed by atoms with van der Waals surface area (Å²) in [7, 11) is 0. The van der Waals surface area contributed by atoms with Crippen LogP contribution in [0.5, 0.6) is 0 Å². The van der Waals surface area contributed by atoms with Crippen molar-refractivity contribution < 1.29 is 4.74 Å². The van der Waals surface area contributed by atoms with Crippen LogP contribution in [0.2, 0.25) is 0 Å². The van der Waals surface area contributed by atoms with Crippen molar-refractivity contribution in [3.05, 3.63) is 12.2 Å². The summed E-state index contributed by atoms with van der Waals surface area (Å²) >= 11 is 0. The zero-order valence-corrected chi connectivity index (χ0v) is 10.1. The van der Waals surface area contributed by atoms with Gasteiger partial charge >= 0.3 is 0 Å². The predicted molar refractivity (Wildman–Crippen MR) is 65.6 cm³/mol. The third-order valence-corrected chi connectivity index (χ3v) is 3.20. The topological polar surface area (TPSA) is 21.3 Å². The van der Waals surface area contributed by atoms with E-state index >= 15 is 0 Å². The van der Waals surface area contributed by atoms with Gasteiger partial charge in [0.05, 0.1) is 6.10 Å². The van der Waals surface area contributed by atoms with E-state index in [4.69, 9.17) is 4.74 Å². The third kappa shape index (κ3) is 4.54. The molecule has 2 fully saturated rings. The summed E-state index contributed by atoms with van der Waals surface area (Å²) in [5.74, 6) is 0.793. The van der Waals surface area contributed by atoms with Gasteiger partial charge in [-0.15, -0.1) is 12.4 Å². The molecule has 0 aromatic carbocycles. The molecule has 3 heteroatoms. The maximum atomic E-state index is 5.67. The van der Waals surface area contributed by atoms with Gasteiger partial charge in [-0.2, -0.15) is 0 Å². The first kappa shape index (κ1) is 13.0. The second-order valence-electron chi connectivity index (χ2n) is 4.38. The molecule has 1 N–H and O–H groups in total. The zero-order valence-electron chi connectivity index (χ0n) is 9.28. The van der Waals surface area contributed by atoms with Crippen molar-refractivity contribution in [3.8, 4) is 0 Å². The Morgan fingerprint density at radius 3 is 2.47 bits per heavy atom. The Balaban J connectivity index is 0.00000112. The van der Waals surface area contributed by atoms with Gasteiger partial charge in [-0.3, -0.25) is 0 Å². The van der Waals surface area contributed by atoms with Crippen LogP contribution in [0.3, 0.4) is 0 Å². The van der Waals surface area contributed by atoms with E-state index in [1.165, 1.54) is 45.2 Å². The van der Waals surface area contributed by atoms with E-state index in [0.29, 0.717) is 6.10 Å². The number of hydrogen-bond donors (Lipinski definition) is 1. The minimum Gasteiger partial charge on any atom is -0.374 e. The van der Waals surface area contributed by atoms with E-state index < -0.39 is 0 Å². The summed E-state index contributed by atoms with van der Waals surface area (Å²) in [6.07, 6.45) is 11.5. The van der Waals surface area contributed by atoms with E-state index in [9.17, 15) is 0 Å². The molecule has 15 heavy (non-hydrogen) atoms. The number of nitrogens with one attached hydrogen (secondary N) is 1. The molecular weight excluding hydrogens is 210 g/mol. The van der Waals surface area contributed by atoms with Gasteiger partial charge in [0, 0.05) is 6.61 Å². The quantitative estimate of drug-likeness (QED) is 0.738. The van der Waals surface area contributed by atoms with Crippen molar-refractivity contribution in [2.24, 2.45) is 5.92 Å². The van der Waals surface area contributed by atoms with Gasteiger partial charge in [0.15, 0.2) is 0 Å². The molecule has 2 nitrogen and oxygen atoms in total. The standard InChI is InChI=1S/C12H21NO.ClH/c1-2-10-14-12(3-1)5-4-11-6-8-13-9-7-11;/h4-5,11-13H,1-3,6-10H2;1H/b5-4+;. The molecule has 2 saturated heterocycles. The molecule has 0 saturated carbocycles. The van der Waals surface area contributed by atoms with Crippen molar-refractivity contribution in [3.63, 3.8) is 0 Å². The van der Waals surface area contributed by atoms with Crippen molar-refractivity contribution in [1.29, 1.82) is 0 Å². The average molecular weight is 232 g/mol. The van der Waals surface area contributed by atoms with Gasteiger partial charge in [-0.05, 0) is 51.1 Å². The summed E-state index contributed by atoms with van der Waals surface area (Å²) in [5, 5.41) is 3.39. The Labute approximate surface area is 98.9 Å². The van der Waals surface area contributed by atoms with Crippen LogP contribution in [0.25, 0.3) is 0 Å². The van der Waals surface area contributed by atoms with Gasteiger partial charge in [0.2, 0.25) is 0 Å². The lowest BCUT2D eigenvalue weighted by atomic mass is 9.96. The SMILES string of the molecule is C(=C\C1CCCCO1)/C1CCNCC1.Cl. The molecule has 0 aromatic rings. The molecule has 0 amide bonds. The predicted octanol–water partition coefficient (Wildman–Crippen LogP) is 2.53. The number of allylic oxidation sites excluding steroid dienone is 1. The van der Waals surface area contributed by atoms with Crippen molar-refractivity contribution in [2.75, 3.05) is 19.7 Å². The lowest BCUT2D eigenvalue weighted by molar-refractivity contribution is 0.0462. The van der Waals surface area contributed by atoms with Crippen molar-refractivity contribution >= 4 is 12.4 Å². The Hall–Kier alpha value is -0.0500. The minimum absolute atomic E-state index is 0. The molecule has 1 atom stereocenters. The molecule has 0 spiro atoms. The molecule has 0 aliphatic carbocycles. The first-order chi connectivity index (χ1) is 6.95. The molecule has 0 radical (unpaired) electrons. The first-order valence-electron chi connectivity index (χ1n) is 5.96. The number of hydrogen-bond acceptors (Lipinski definition) is 2. The highest BCUT2D eigenvalue weighted by atomic mass is 35.5. The Morgan fingerprint density at radius 1 is 1.00 bits per heavy atom. The molecule has 2 aliphatic rings. The Kier molecular flexibility index (Phi) is 6.30. The fraction of sp³-hybridized carbons (Fsp3) is 0.833. The second-order valence-corrected chi connectivity index (χ2v) is 4.38. The monoisotopic (exact) mass is 231 g/mol. The number of ether oxygens (including phenoxy) is 1. The largest absolute Gasteiger partial charge is 0.374 e. The van der Waals surface area contributed by atoms with Crippen molar-refractivity contribution in [2.45, 2.75) is 38.2 Å². The summed E-state index contributed by atoms with van der Waals surface area (Å²) in [6.45, 7) is 3.32. The van der Waals surface area contributed by atoms with Gasteiger partial charge in [0.25, 0.3) is 0 Å². The number of piperidine rings is 1. The van der Waals surface area contributed by atoms with Gasteiger partial charge in [-0.25, -0.2) is 0 Å². The van der Waals surface area contributed by atoms with Gasteiger partial charge < -0.3 is 10.1 Å². The zero-order chi connectivity index (χ0) is 9.64. The van der Waals surface area contributed by atoms with Gasteiger partial charge in [0.1, 0.15) is 0 Å². The number of halogens is 1. The molecule has 2 aliphatic heterocycles. The highest BCUT2D eigenvalue weighted by Gasteiger charge is 2.13. The fourth-order valence-corrected chi connectivity index (χ4v) is 2.24. The summed E-state index contributed by atoms with van der Waals surface area (Å²) in [4.78, 5) is 0. The highest BCUT2D eigenvalue weighted by molar-refractivity contribution is 5.85. The van der Waals surface area contributed by atoms with Crippen LogP contribution in [-0.4, -0.2) is 25.8 Å². The average Bonchev–Trinajstić information content (AvgIpc) is 2.29. The molecule has 2 heterocycles. The van der Waals surface area contributed by atoms with Crippen LogP contribution in [0.1, 0.15) is 32.1 Å². The second kappa shape index (κ2) is 7.26. The molecule has 88 valence electrons. The van der Waals surface area contributed by atoms with E-state index in [1.807, 2.05) is 0 Å². The van der Waals surface area contributed by atoms with Crippen LogP contribution >= 0.6 is 12.4 Å². The normalized spacial score (nSPS) is 28.9. The Morgan fingerprint density at radius 2 is 1.80 bits per heavy atom. The lowest BCUT2D eigenvalue weighted by Crippen LogP contribution is -2.27. The summed E-state index contributed by atoms with van der Waals surface area (Å²) in [6, 6.07) is 0. The smallest absolute Gasteiger partial charge is 0.0755 e. The van der Waals surface area contributed by atoms with Crippen LogP contribution in [0.4, 0.5) is 0 Å². The maximum absolute atomic E-state index is 5.67.